The molecule has 0 aliphatic rings. The number of hydrogen-bond acceptors (Lipinski definition) is 3. The van der Waals surface area contributed by atoms with Crippen molar-refractivity contribution in [1.29, 1.82) is 0 Å². The van der Waals surface area contributed by atoms with Gasteiger partial charge in [0.25, 0.3) is 0 Å². The number of alkyl halides is 1. The number of methoxy groups -OCH3 is 1. The third kappa shape index (κ3) is 9.02. The van der Waals surface area contributed by atoms with E-state index >= 15 is 0 Å². The molecule has 0 spiro atoms. The van der Waals surface area contributed by atoms with Crippen molar-refractivity contribution in [2.45, 2.75) is 60.3 Å². The predicted octanol–water partition coefficient (Wildman–Crippen LogP) is 5.10. The summed E-state index contributed by atoms with van der Waals surface area (Å²) >= 11 is 0. The molecule has 0 bridgehead atoms. The molecule has 0 aliphatic carbocycles. The van der Waals surface area contributed by atoms with Gasteiger partial charge in [-0.05, 0) is 31.9 Å². The minimum absolute atomic E-state index is 0.0122. The monoisotopic (exact) mass is 341 g/mol. The van der Waals surface area contributed by atoms with Crippen LogP contribution in [-0.4, -0.2) is 26.1 Å². The second-order valence-electron chi connectivity index (χ2n) is 5.56. The standard InChI is InChI=1S/C10H20FNO.C8H10O.C2H6/c1-3-5-9(13)10(7-11,8-12)6-4-2;1-7-3-5-8(9-2)6-4-7;1-2/h3-8,12H2,1-2H3;3-6H,1-2H3;1-2H3. The number of aryl methyl sites for hydroxylation is 1. The fourth-order valence-corrected chi connectivity index (χ4v) is 2.20. The Morgan fingerprint density at radius 1 is 1.17 bits per heavy atom. The summed E-state index contributed by atoms with van der Waals surface area (Å²) in [5.74, 6) is 0.905. The molecule has 24 heavy (non-hydrogen) atoms. The second kappa shape index (κ2) is 15.1. The van der Waals surface area contributed by atoms with E-state index < -0.39 is 12.1 Å². The molecule has 0 aliphatic heterocycles. The molecular weight excluding hydrogens is 305 g/mol. The van der Waals surface area contributed by atoms with Crippen LogP contribution < -0.4 is 10.5 Å². The van der Waals surface area contributed by atoms with E-state index in [2.05, 4.69) is 6.92 Å². The Bertz CT molecular complexity index is 414. The minimum Gasteiger partial charge on any atom is -0.497 e. The van der Waals surface area contributed by atoms with Crippen LogP contribution >= 0.6 is 0 Å². The van der Waals surface area contributed by atoms with Crippen molar-refractivity contribution in [3.8, 4) is 5.75 Å². The fraction of sp³-hybridized carbons (Fsp3) is 0.650. The molecule has 0 heterocycles. The number of carbonyl (C=O) groups is 1. The third-order valence-electron chi connectivity index (χ3n) is 3.70. The van der Waals surface area contributed by atoms with Crippen LogP contribution in [0.1, 0.15) is 58.9 Å². The Kier molecular flexibility index (Phi) is 15.6. The predicted molar refractivity (Wildman–Crippen MR) is 101 cm³/mol. The molecule has 0 aromatic heterocycles. The van der Waals surface area contributed by atoms with Crippen molar-refractivity contribution in [1.82, 2.24) is 0 Å². The van der Waals surface area contributed by atoms with Gasteiger partial charge >= 0.3 is 0 Å². The van der Waals surface area contributed by atoms with Crippen molar-refractivity contribution in [2.75, 3.05) is 20.3 Å². The third-order valence-corrected chi connectivity index (χ3v) is 3.70. The van der Waals surface area contributed by atoms with Gasteiger partial charge in [-0.1, -0.05) is 51.8 Å². The first kappa shape index (κ1) is 24.8. The first-order valence-electron chi connectivity index (χ1n) is 8.89. The summed E-state index contributed by atoms with van der Waals surface area (Å²) in [5, 5.41) is 0. The lowest BCUT2D eigenvalue weighted by atomic mass is 9.79. The van der Waals surface area contributed by atoms with Crippen LogP contribution in [0.15, 0.2) is 24.3 Å². The van der Waals surface area contributed by atoms with Crippen molar-refractivity contribution >= 4 is 5.78 Å². The molecule has 4 heteroatoms. The Labute approximate surface area is 147 Å². The molecule has 1 rings (SSSR count). The number of rotatable bonds is 8. The first-order chi connectivity index (χ1) is 11.5. The van der Waals surface area contributed by atoms with Gasteiger partial charge in [-0.3, -0.25) is 4.79 Å². The van der Waals surface area contributed by atoms with Crippen LogP contribution in [0, 0.1) is 12.3 Å². The van der Waals surface area contributed by atoms with E-state index in [0.29, 0.717) is 12.8 Å². The molecule has 3 nitrogen and oxygen atoms in total. The zero-order chi connectivity index (χ0) is 19.0. The highest BCUT2D eigenvalue weighted by Gasteiger charge is 2.35. The molecule has 0 fully saturated rings. The molecule has 140 valence electrons. The molecule has 0 saturated carbocycles. The van der Waals surface area contributed by atoms with Gasteiger partial charge in [0.15, 0.2) is 0 Å². The first-order valence-corrected chi connectivity index (χ1v) is 8.89. The maximum Gasteiger partial charge on any atom is 0.142 e. The van der Waals surface area contributed by atoms with E-state index in [-0.39, 0.29) is 12.3 Å². The van der Waals surface area contributed by atoms with Gasteiger partial charge in [-0.2, -0.15) is 0 Å². The van der Waals surface area contributed by atoms with E-state index in [1.54, 1.807) is 7.11 Å². The Hall–Kier alpha value is -1.42. The van der Waals surface area contributed by atoms with Crippen LogP contribution in [0.2, 0.25) is 0 Å². The molecule has 1 aromatic carbocycles. The highest BCUT2D eigenvalue weighted by atomic mass is 19.1. The minimum atomic E-state index is -0.884. The molecule has 0 amide bonds. The summed E-state index contributed by atoms with van der Waals surface area (Å²) in [6, 6.07) is 7.96. The lowest BCUT2D eigenvalue weighted by molar-refractivity contribution is -0.129. The summed E-state index contributed by atoms with van der Waals surface area (Å²) < 4.78 is 17.7. The summed E-state index contributed by atoms with van der Waals surface area (Å²) in [6.07, 6.45) is 2.58. The quantitative estimate of drug-likeness (QED) is 0.715. The number of halogens is 1. The van der Waals surface area contributed by atoms with E-state index in [1.165, 1.54) is 5.56 Å². The zero-order valence-electron chi connectivity index (χ0n) is 16.3. The summed E-state index contributed by atoms with van der Waals surface area (Å²) in [4.78, 5) is 11.6. The van der Waals surface area contributed by atoms with Gasteiger partial charge in [0.2, 0.25) is 0 Å². The van der Waals surface area contributed by atoms with Gasteiger partial charge in [-0.25, -0.2) is 4.39 Å². The number of carbonyl (C=O) groups excluding carboxylic acids is 1. The van der Waals surface area contributed by atoms with Crippen LogP contribution in [-0.2, 0) is 4.79 Å². The van der Waals surface area contributed by atoms with Gasteiger partial charge in [0.05, 0.1) is 12.5 Å². The Morgan fingerprint density at radius 2 is 1.71 bits per heavy atom. The van der Waals surface area contributed by atoms with Gasteiger partial charge in [-0.15, -0.1) is 0 Å². The van der Waals surface area contributed by atoms with Gasteiger partial charge in [0.1, 0.15) is 18.2 Å². The average molecular weight is 342 g/mol. The number of nitrogens with two attached hydrogens (primary N) is 1. The topological polar surface area (TPSA) is 52.3 Å². The zero-order valence-corrected chi connectivity index (χ0v) is 16.3. The van der Waals surface area contributed by atoms with E-state index in [4.69, 9.17) is 10.5 Å². The Balaban J connectivity index is 0. The summed E-state index contributed by atoms with van der Waals surface area (Å²) in [5.41, 5.74) is 5.85. The number of ketones is 1. The lowest BCUT2D eigenvalue weighted by Gasteiger charge is -2.27. The van der Waals surface area contributed by atoms with Gasteiger partial charge in [0, 0.05) is 13.0 Å². The SMILES string of the molecule is CC.CCCC(=O)C(CN)(CF)CCC.COc1ccc(C)cc1. The summed E-state index contributed by atoms with van der Waals surface area (Å²) in [7, 11) is 1.67. The normalized spacial score (nSPS) is 12.0. The van der Waals surface area contributed by atoms with Crippen molar-refractivity contribution < 1.29 is 13.9 Å². The van der Waals surface area contributed by atoms with E-state index in [1.807, 2.05) is 52.0 Å². The molecule has 0 saturated heterocycles. The van der Waals surface area contributed by atoms with Crippen molar-refractivity contribution in [3.63, 3.8) is 0 Å². The van der Waals surface area contributed by atoms with Crippen LogP contribution in [0.4, 0.5) is 4.39 Å². The maximum absolute atomic E-state index is 12.8. The van der Waals surface area contributed by atoms with Crippen LogP contribution in [0.5, 0.6) is 5.75 Å². The van der Waals surface area contributed by atoms with Crippen molar-refractivity contribution in [2.24, 2.45) is 11.1 Å². The van der Waals surface area contributed by atoms with E-state index in [9.17, 15) is 9.18 Å². The van der Waals surface area contributed by atoms with E-state index in [0.717, 1.165) is 18.6 Å². The van der Waals surface area contributed by atoms with Crippen LogP contribution in [0.25, 0.3) is 0 Å². The molecule has 1 atom stereocenters. The number of Topliss-reactive ketones (excluding diaryl/α,β-unsaturated/α-hetero) is 1. The molecule has 1 aromatic rings. The van der Waals surface area contributed by atoms with Crippen molar-refractivity contribution in [3.05, 3.63) is 29.8 Å². The molecule has 0 radical (unpaired) electrons. The molecule has 1 unspecified atom stereocenters. The number of hydrogen-bond donors (Lipinski definition) is 1. The molecule has 2 N–H and O–H groups in total. The van der Waals surface area contributed by atoms with Crippen LogP contribution in [0.3, 0.4) is 0 Å². The lowest BCUT2D eigenvalue weighted by Crippen LogP contribution is -2.40. The Morgan fingerprint density at radius 3 is 2.04 bits per heavy atom. The van der Waals surface area contributed by atoms with Gasteiger partial charge < -0.3 is 10.5 Å². The molecular formula is C20H36FNO2. The average Bonchev–Trinajstić information content (AvgIpc) is 2.63. The maximum atomic E-state index is 12.8. The number of ether oxygens (including phenoxy) is 1. The number of benzene rings is 1. The smallest absolute Gasteiger partial charge is 0.142 e. The highest BCUT2D eigenvalue weighted by molar-refractivity contribution is 5.85. The second-order valence-corrected chi connectivity index (χ2v) is 5.56. The fourth-order valence-electron chi connectivity index (χ4n) is 2.20. The largest absolute Gasteiger partial charge is 0.497 e. The summed E-state index contributed by atoms with van der Waals surface area (Å²) in [6.45, 7) is 9.44. The highest BCUT2D eigenvalue weighted by Crippen LogP contribution is 2.26.